The molecule has 106 valence electrons. The second-order valence-electron chi connectivity index (χ2n) is 6.81. The molecule has 1 rings (SSSR count). The number of hydrogen-bond acceptors (Lipinski definition) is 4. The summed E-state index contributed by atoms with van der Waals surface area (Å²) in [6.45, 7) is 10.4. The molecule has 0 bridgehead atoms. The fraction of sp³-hybridized carbons (Fsp3) is 0.571. The third-order valence-electron chi connectivity index (χ3n) is 3.07. The Morgan fingerprint density at radius 3 is 2.21 bits per heavy atom. The van der Waals surface area contributed by atoms with Crippen molar-refractivity contribution in [3.05, 3.63) is 27.8 Å². The van der Waals surface area contributed by atoms with Gasteiger partial charge in [0.25, 0.3) is 0 Å². The predicted molar refractivity (Wildman–Crippen MR) is 76.3 cm³/mol. The number of benzene rings is 1. The van der Waals surface area contributed by atoms with E-state index in [-0.39, 0.29) is 22.2 Å². The Balaban J connectivity index is 3.32. The van der Waals surface area contributed by atoms with Crippen LogP contribution >= 0.6 is 0 Å². The number of rotatable bonds is 3. The first-order valence-electron chi connectivity index (χ1n) is 6.21. The number of nitro benzene ring substituents is 1. The number of phenolic OH excluding ortho intramolecular Hbond substituents is 1. The Bertz CT molecular complexity index is 502. The SMILES string of the molecule is CC(C)(C)CC(C)(C)c1cc(N)c(O)c([N+](=O)[O-])c1. The molecule has 1 aromatic carbocycles. The molecule has 5 nitrogen and oxygen atoms in total. The highest BCUT2D eigenvalue weighted by Gasteiger charge is 2.30. The summed E-state index contributed by atoms with van der Waals surface area (Å²) in [4.78, 5) is 10.3. The fourth-order valence-corrected chi connectivity index (χ4v) is 2.60. The van der Waals surface area contributed by atoms with Crippen molar-refractivity contribution in [3.8, 4) is 5.75 Å². The van der Waals surface area contributed by atoms with E-state index in [1.54, 1.807) is 6.07 Å². The Labute approximate surface area is 113 Å². The molecule has 0 radical (unpaired) electrons. The highest BCUT2D eigenvalue weighted by molar-refractivity contribution is 5.65. The lowest BCUT2D eigenvalue weighted by atomic mass is 9.72. The van der Waals surface area contributed by atoms with Gasteiger partial charge >= 0.3 is 5.69 Å². The third kappa shape index (κ3) is 3.59. The molecular formula is C14H22N2O3. The number of nitrogens with zero attached hydrogens (tertiary/aromatic N) is 1. The van der Waals surface area contributed by atoms with Crippen molar-refractivity contribution >= 4 is 11.4 Å². The summed E-state index contributed by atoms with van der Waals surface area (Å²) in [6, 6.07) is 3.03. The lowest BCUT2D eigenvalue weighted by molar-refractivity contribution is -0.385. The number of phenols is 1. The van der Waals surface area contributed by atoms with Gasteiger partial charge in [0.05, 0.1) is 10.6 Å². The molecule has 19 heavy (non-hydrogen) atoms. The first-order valence-corrected chi connectivity index (χ1v) is 6.21. The lowest BCUT2D eigenvalue weighted by Gasteiger charge is -2.33. The van der Waals surface area contributed by atoms with Crippen molar-refractivity contribution in [1.29, 1.82) is 0 Å². The van der Waals surface area contributed by atoms with E-state index in [0.717, 1.165) is 12.0 Å². The van der Waals surface area contributed by atoms with Crippen LogP contribution in [0.1, 0.15) is 46.6 Å². The molecule has 0 atom stereocenters. The highest BCUT2D eigenvalue weighted by Crippen LogP contribution is 2.41. The summed E-state index contributed by atoms with van der Waals surface area (Å²) >= 11 is 0. The first kappa shape index (κ1) is 15.3. The van der Waals surface area contributed by atoms with Crippen LogP contribution < -0.4 is 5.73 Å². The summed E-state index contributed by atoms with van der Waals surface area (Å²) in [5.74, 6) is -0.458. The largest absolute Gasteiger partial charge is 0.501 e. The maximum absolute atomic E-state index is 10.9. The molecule has 5 heteroatoms. The van der Waals surface area contributed by atoms with Crippen molar-refractivity contribution < 1.29 is 10.0 Å². The molecule has 0 saturated carbocycles. The number of hydrogen-bond donors (Lipinski definition) is 2. The Kier molecular flexibility index (Phi) is 3.79. The van der Waals surface area contributed by atoms with Crippen molar-refractivity contribution in [1.82, 2.24) is 0 Å². The van der Waals surface area contributed by atoms with Gasteiger partial charge in [-0.1, -0.05) is 34.6 Å². The molecule has 0 aliphatic heterocycles. The molecular weight excluding hydrogens is 244 g/mol. The van der Waals surface area contributed by atoms with Crippen LogP contribution in [0.15, 0.2) is 12.1 Å². The topological polar surface area (TPSA) is 89.4 Å². The van der Waals surface area contributed by atoms with Crippen LogP contribution in [0.2, 0.25) is 0 Å². The van der Waals surface area contributed by atoms with E-state index in [1.165, 1.54) is 6.07 Å². The van der Waals surface area contributed by atoms with Crippen LogP contribution in [0.25, 0.3) is 0 Å². The van der Waals surface area contributed by atoms with E-state index in [2.05, 4.69) is 20.8 Å². The molecule has 0 fully saturated rings. The van der Waals surface area contributed by atoms with Crippen molar-refractivity contribution in [2.75, 3.05) is 5.73 Å². The average Bonchev–Trinajstić information content (AvgIpc) is 2.17. The Morgan fingerprint density at radius 1 is 1.26 bits per heavy atom. The quantitative estimate of drug-likeness (QED) is 0.378. The zero-order chi connectivity index (χ0) is 15.0. The van der Waals surface area contributed by atoms with Crippen LogP contribution in [0.5, 0.6) is 5.75 Å². The Morgan fingerprint density at radius 2 is 1.79 bits per heavy atom. The van der Waals surface area contributed by atoms with Gasteiger partial charge in [0, 0.05) is 6.07 Å². The molecule has 0 aliphatic rings. The number of nitrogen functional groups attached to an aromatic ring is 1. The van der Waals surface area contributed by atoms with Crippen LogP contribution in [0, 0.1) is 15.5 Å². The molecule has 0 heterocycles. The second kappa shape index (κ2) is 4.72. The monoisotopic (exact) mass is 266 g/mol. The van der Waals surface area contributed by atoms with Crippen molar-refractivity contribution in [3.63, 3.8) is 0 Å². The Hall–Kier alpha value is -1.78. The zero-order valence-electron chi connectivity index (χ0n) is 12.2. The van der Waals surface area contributed by atoms with Gasteiger partial charge in [-0.25, -0.2) is 0 Å². The van der Waals surface area contributed by atoms with Gasteiger partial charge in [-0.2, -0.15) is 0 Å². The van der Waals surface area contributed by atoms with E-state index >= 15 is 0 Å². The van der Waals surface area contributed by atoms with Gasteiger partial charge < -0.3 is 10.8 Å². The normalized spacial score (nSPS) is 12.5. The van der Waals surface area contributed by atoms with Crippen LogP contribution in [0.4, 0.5) is 11.4 Å². The van der Waals surface area contributed by atoms with Gasteiger partial charge in [0.1, 0.15) is 0 Å². The molecule has 0 unspecified atom stereocenters. The summed E-state index contributed by atoms with van der Waals surface area (Å²) in [5, 5.41) is 20.6. The minimum Gasteiger partial charge on any atom is -0.501 e. The van der Waals surface area contributed by atoms with Crippen LogP contribution in [0.3, 0.4) is 0 Å². The predicted octanol–water partition coefficient (Wildman–Crippen LogP) is 3.60. The van der Waals surface area contributed by atoms with Gasteiger partial charge in [0.15, 0.2) is 0 Å². The number of anilines is 1. The van der Waals surface area contributed by atoms with Gasteiger partial charge in [-0.15, -0.1) is 0 Å². The van der Waals surface area contributed by atoms with Gasteiger partial charge in [0.2, 0.25) is 5.75 Å². The van der Waals surface area contributed by atoms with Crippen molar-refractivity contribution in [2.45, 2.75) is 46.5 Å². The number of aromatic hydroxyl groups is 1. The van der Waals surface area contributed by atoms with E-state index in [0.29, 0.717) is 0 Å². The molecule has 3 N–H and O–H groups in total. The maximum atomic E-state index is 10.9. The van der Waals surface area contributed by atoms with Crippen LogP contribution in [-0.4, -0.2) is 10.0 Å². The van der Waals surface area contributed by atoms with E-state index in [9.17, 15) is 15.2 Å². The number of nitrogens with two attached hydrogens (primary N) is 1. The standard InChI is InChI=1S/C14H22N2O3/c1-13(2,3)8-14(4,5)9-6-10(15)12(17)11(7-9)16(18)19/h6-7,17H,8,15H2,1-5H3. The van der Waals surface area contributed by atoms with Gasteiger partial charge in [-0.3, -0.25) is 10.1 Å². The fourth-order valence-electron chi connectivity index (χ4n) is 2.60. The summed E-state index contributed by atoms with van der Waals surface area (Å²) in [6.07, 6.45) is 0.849. The van der Waals surface area contributed by atoms with E-state index in [1.807, 2.05) is 13.8 Å². The summed E-state index contributed by atoms with van der Waals surface area (Å²) in [5.41, 5.74) is 5.97. The molecule has 0 aromatic heterocycles. The zero-order valence-corrected chi connectivity index (χ0v) is 12.2. The maximum Gasteiger partial charge on any atom is 0.313 e. The van der Waals surface area contributed by atoms with E-state index in [4.69, 9.17) is 5.73 Å². The lowest BCUT2D eigenvalue weighted by Crippen LogP contribution is -2.25. The van der Waals surface area contributed by atoms with Crippen LogP contribution in [-0.2, 0) is 5.41 Å². The number of nitro groups is 1. The van der Waals surface area contributed by atoms with Crippen molar-refractivity contribution in [2.24, 2.45) is 5.41 Å². The first-order chi connectivity index (χ1) is 8.44. The smallest absolute Gasteiger partial charge is 0.313 e. The molecule has 0 spiro atoms. The molecule has 0 saturated heterocycles. The molecule has 0 aliphatic carbocycles. The minimum absolute atomic E-state index is 0.0474. The van der Waals surface area contributed by atoms with E-state index < -0.39 is 10.7 Å². The molecule has 1 aromatic rings. The minimum atomic E-state index is -0.609. The summed E-state index contributed by atoms with van der Waals surface area (Å²) < 4.78 is 0. The highest BCUT2D eigenvalue weighted by atomic mass is 16.6. The third-order valence-corrected chi connectivity index (χ3v) is 3.07. The average molecular weight is 266 g/mol. The second-order valence-corrected chi connectivity index (χ2v) is 6.81. The molecule has 0 amide bonds. The summed E-state index contributed by atoms with van der Waals surface area (Å²) in [7, 11) is 0. The van der Waals surface area contributed by atoms with Gasteiger partial charge in [-0.05, 0) is 28.9 Å².